The van der Waals surface area contributed by atoms with Crippen molar-refractivity contribution in [2.24, 2.45) is 5.73 Å². The molecule has 0 saturated carbocycles. The summed E-state index contributed by atoms with van der Waals surface area (Å²) in [5.41, 5.74) is 7.39. The summed E-state index contributed by atoms with van der Waals surface area (Å²) in [6.07, 6.45) is 2.64. The van der Waals surface area contributed by atoms with Crippen molar-refractivity contribution in [1.29, 1.82) is 0 Å². The molecule has 0 amide bonds. The van der Waals surface area contributed by atoms with Gasteiger partial charge in [0.1, 0.15) is 0 Å². The van der Waals surface area contributed by atoms with Crippen molar-refractivity contribution in [1.82, 2.24) is 4.98 Å². The van der Waals surface area contributed by atoms with Gasteiger partial charge in [-0.05, 0) is 31.9 Å². The molecule has 0 radical (unpaired) electrons. The number of nitrogens with two attached hydrogens (primary N) is 1. The van der Waals surface area contributed by atoms with Crippen LogP contribution in [0.15, 0.2) is 30.5 Å². The van der Waals surface area contributed by atoms with E-state index in [2.05, 4.69) is 11.1 Å². The van der Waals surface area contributed by atoms with Gasteiger partial charge in [0.05, 0.1) is 5.60 Å². The van der Waals surface area contributed by atoms with Crippen molar-refractivity contribution in [3.63, 3.8) is 0 Å². The Labute approximate surface area is 95.3 Å². The topological polar surface area (TPSA) is 62.0 Å². The molecule has 0 bridgehead atoms. The molecule has 0 spiro atoms. The molecule has 0 aliphatic carbocycles. The molecule has 0 saturated heterocycles. The fourth-order valence-electron chi connectivity index (χ4n) is 1.79. The van der Waals surface area contributed by atoms with Gasteiger partial charge in [0.2, 0.25) is 0 Å². The Bertz CT molecular complexity index is 482. The first kappa shape index (κ1) is 11.2. The number of para-hydroxylation sites is 1. The Morgan fingerprint density at radius 2 is 2.06 bits per heavy atom. The maximum absolute atomic E-state index is 9.82. The first-order valence-corrected chi connectivity index (χ1v) is 5.51. The lowest BCUT2D eigenvalue weighted by Gasteiger charge is -2.25. The maximum atomic E-state index is 9.82. The number of rotatable bonds is 3. The van der Waals surface area contributed by atoms with E-state index in [9.17, 15) is 5.11 Å². The number of aromatic amines is 1. The minimum Gasteiger partial charge on any atom is -0.389 e. The van der Waals surface area contributed by atoms with Crippen LogP contribution in [0.5, 0.6) is 0 Å². The molecule has 1 aromatic heterocycles. The Morgan fingerprint density at radius 1 is 1.38 bits per heavy atom. The van der Waals surface area contributed by atoms with Crippen molar-refractivity contribution in [3.8, 4) is 0 Å². The Balaban J connectivity index is 2.28. The monoisotopic (exact) mass is 218 g/mol. The van der Waals surface area contributed by atoms with Gasteiger partial charge in [-0.15, -0.1) is 0 Å². The predicted molar refractivity (Wildman–Crippen MR) is 66.3 cm³/mol. The highest BCUT2D eigenvalue weighted by Crippen LogP contribution is 2.21. The Kier molecular flexibility index (Phi) is 2.74. The number of aromatic nitrogens is 1. The fourth-order valence-corrected chi connectivity index (χ4v) is 1.79. The summed E-state index contributed by atoms with van der Waals surface area (Å²) in [5.74, 6) is 0. The summed E-state index contributed by atoms with van der Waals surface area (Å²) in [4.78, 5) is 3.21. The standard InChI is InChI=1S/C13H18N2O/c1-13(2,16)12(14)7-9-8-15-11-6-4-3-5-10(9)11/h3-6,8,12,15-16H,7,14H2,1-2H3/t12-/m1/s1. The zero-order valence-electron chi connectivity index (χ0n) is 9.70. The quantitative estimate of drug-likeness (QED) is 0.735. The number of fused-ring (bicyclic) bond motifs is 1. The van der Waals surface area contributed by atoms with E-state index >= 15 is 0 Å². The third kappa shape index (κ3) is 2.10. The second-order valence-corrected chi connectivity index (χ2v) is 4.82. The van der Waals surface area contributed by atoms with Crippen LogP contribution in [0, 0.1) is 0 Å². The van der Waals surface area contributed by atoms with Crippen molar-refractivity contribution in [3.05, 3.63) is 36.0 Å². The predicted octanol–water partition coefficient (Wildman–Crippen LogP) is 1.81. The second-order valence-electron chi connectivity index (χ2n) is 4.82. The summed E-state index contributed by atoms with van der Waals surface area (Å²) in [6, 6.07) is 7.85. The van der Waals surface area contributed by atoms with Crippen LogP contribution in [0.4, 0.5) is 0 Å². The fraction of sp³-hybridized carbons (Fsp3) is 0.385. The number of aliphatic hydroxyl groups is 1. The molecule has 0 aliphatic heterocycles. The van der Waals surface area contributed by atoms with Crippen molar-refractivity contribution < 1.29 is 5.11 Å². The molecule has 3 nitrogen and oxygen atoms in total. The van der Waals surface area contributed by atoms with Crippen molar-refractivity contribution in [2.45, 2.75) is 31.9 Å². The minimum atomic E-state index is -0.849. The molecule has 1 atom stereocenters. The van der Waals surface area contributed by atoms with Gasteiger partial charge in [0, 0.05) is 23.1 Å². The summed E-state index contributed by atoms with van der Waals surface area (Å²) in [7, 11) is 0. The third-order valence-corrected chi connectivity index (χ3v) is 3.02. The summed E-state index contributed by atoms with van der Waals surface area (Å²) >= 11 is 0. The zero-order valence-corrected chi connectivity index (χ0v) is 9.70. The SMILES string of the molecule is CC(C)(O)[C@H](N)Cc1c[nH]c2ccccc12. The van der Waals surface area contributed by atoms with Crippen molar-refractivity contribution in [2.75, 3.05) is 0 Å². The second kappa shape index (κ2) is 3.92. The van der Waals surface area contributed by atoms with E-state index in [0.717, 1.165) is 11.1 Å². The molecular formula is C13H18N2O. The van der Waals surface area contributed by atoms with E-state index in [1.54, 1.807) is 13.8 Å². The van der Waals surface area contributed by atoms with Gasteiger partial charge in [-0.25, -0.2) is 0 Å². The van der Waals surface area contributed by atoms with Crippen LogP contribution in [0.2, 0.25) is 0 Å². The molecule has 3 heteroatoms. The van der Waals surface area contributed by atoms with Gasteiger partial charge < -0.3 is 15.8 Å². The van der Waals surface area contributed by atoms with Gasteiger partial charge >= 0.3 is 0 Å². The lowest BCUT2D eigenvalue weighted by Crippen LogP contribution is -2.44. The van der Waals surface area contributed by atoms with E-state index in [-0.39, 0.29) is 6.04 Å². The van der Waals surface area contributed by atoms with E-state index in [1.165, 1.54) is 5.39 Å². The lowest BCUT2D eigenvalue weighted by atomic mass is 9.93. The van der Waals surface area contributed by atoms with E-state index in [4.69, 9.17) is 5.73 Å². The van der Waals surface area contributed by atoms with Gasteiger partial charge in [0.25, 0.3) is 0 Å². The maximum Gasteiger partial charge on any atom is 0.0745 e. The normalized spacial score (nSPS) is 14.2. The largest absolute Gasteiger partial charge is 0.389 e. The molecule has 0 aliphatic rings. The highest BCUT2D eigenvalue weighted by Gasteiger charge is 2.23. The molecule has 2 aromatic rings. The average molecular weight is 218 g/mol. The number of benzene rings is 1. The van der Waals surface area contributed by atoms with Gasteiger partial charge in [0.15, 0.2) is 0 Å². The van der Waals surface area contributed by atoms with Gasteiger partial charge in [-0.3, -0.25) is 0 Å². The van der Waals surface area contributed by atoms with Crippen LogP contribution >= 0.6 is 0 Å². The molecule has 1 heterocycles. The number of H-pyrrole nitrogens is 1. The van der Waals surface area contributed by atoms with E-state index in [1.807, 2.05) is 24.4 Å². The number of hydrogen-bond acceptors (Lipinski definition) is 2. The van der Waals surface area contributed by atoms with Gasteiger partial charge in [-0.1, -0.05) is 18.2 Å². The highest BCUT2D eigenvalue weighted by molar-refractivity contribution is 5.83. The molecular weight excluding hydrogens is 200 g/mol. The molecule has 4 N–H and O–H groups in total. The Morgan fingerprint density at radius 3 is 2.75 bits per heavy atom. The van der Waals surface area contributed by atoms with Crippen LogP contribution in [0.25, 0.3) is 10.9 Å². The van der Waals surface area contributed by atoms with Crippen LogP contribution in [0.1, 0.15) is 19.4 Å². The molecule has 86 valence electrons. The van der Waals surface area contributed by atoms with Crippen LogP contribution in [-0.2, 0) is 6.42 Å². The van der Waals surface area contributed by atoms with Crippen LogP contribution < -0.4 is 5.73 Å². The third-order valence-electron chi connectivity index (χ3n) is 3.02. The summed E-state index contributed by atoms with van der Waals surface area (Å²) in [6.45, 7) is 3.49. The first-order chi connectivity index (χ1) is 7.48. The summed E-state index contributed by atoms with van der Waals surface area (Å²) in [5, 5.41) is 11.0. The van der Waals surface area contributed by atoms with Gasteiger partial charge in [-0.2, -0.15) is 0 Å². The molecule has 0 unspecified atom stereocenters. The molecule has 2 rings (SSSR count). The summed E-state index contributed by atoms with van der Waals surface area (Å²) < 4.78 is 0. The minimum absolute atomic E-state index is 0.258. The number of hydrogen-bond donors (Lipinski definition) is 3. The first-order valence-electron chi connectivity index (χ1n) is 5.51. The highest BCUT2D eigenvalue weighted by atomic mass is 16.3. The lowest BCUT2D eigenvalue weighted by molar-refractivity contribution is 0.0522. The van der Waals surface area contributed by atoms with Crippen LogP contribution in [-0.4, -0.2) is 21.7 Å². The Hall–Kier alpha value is -1.32. The molecule has 0 fully saturated rings. The van der Waals surface area contributed by atoms with E-state index in [0.29, 0.717) is 6.42 Å². The average Bonchev–Trinajstić information content (AvgIpc) is 2.61. The number of nitrogens with one attached hydrogen (secondary N) is 1. The van der Waals surface area contributed by atoms with E-state index < -0.39 is 5.60 Å². The zero-order chi connectivity index (χ0) is 11.8. The van der Waals surface area contributed by atoms with Crippen LogP contribution in [0.3, 0.4) is 0 Å². The molecule has 1 aromatic carbocycles. The smallest absolute Gasteiger partial charge is 0.0745 e. The van der Waals surface area contributed by atoms with Crippen molar-refractivity contribution >= 4 is 10.9 Å². The molecule has 16 heavy (non-hydrogen) atoms.